The Balaban J connectivity index is 1.24. The summed E-state index contributed by atoms with van der Waals surface area (Å²) in [6, 6.07) is 32.3. The number of nitrogens with zero attached hydrogens (tertiary/aromatic N) is 12. The molecule has 4 saturated heterocycles. The molecule has 0 unspecified atom stereocenters. The van der Waals surface area contributed by atoms with Gasteiger partial charge in [-0.1, -0.05) is 148 Å². The molecule has 0 aliphatic carbocycles. The molecule has 27 nitrogen and oxygen atoms in total. The van der Waals surface area contributed by atoms with Crippen LogP contribution in [0.15, 0.2) is 142 Å². The molecule has 2 N–H and O–H groups in total. The number of esters is 1. The average Bonchev–Trinajstić information content (AvgIpc) is 1.37. The molecule has 4 aromatic carbocycles. The highest BCUT2D eigenvalue weighted by Gasteiger charge is 2.60. The van der Waals surface area contributed by atoms with Crippen LogP contribution in [0.4, 0.5) is 0 Å². The van der Waals surface area contributed by atoms with E-state index >= 15 is 0 Å². The van der Waals surface area contributed by atoms with Crippen molar-refractivity contribution in [2.24, 2.45) is 20.5 Å². The molecule has 460 valence electrons. The molecule has 0 aromatic heterocycles. The van der Waals surface area contributed by atoms with Crippen molar-refractivity contribution in [2.45, 2.75) is 208 Å². The van der Waals surface area contributed by atoms with Crippen LogP contribution in [-0.2, 0) is 88.1 Å². The molecule has 86 heavy (non-hydrogen) atoms. The van der Waals surface area contributed by atoms with Gasteiger partial charge >= 0.3 is 5.97 Å². The van der Waals surface area contributed by atoms with Crippen LogP contribution in [0.5, 0.6) is 0 Å². The Labute approximate surface area is 497 Å². The highest BCUT2D eigenvalue weighted by atomic mass is 16.8. The first-order valence-corrected chi connectivity index (χ1v) is 28.7. The molecule has 27 heteroatoms. The Morgan fingerprint density at radius 3 is 1.31 bits per heavy atom. The summed E-state index contributed by atoms with van der Waals surface area (Å²) in [5, 5.41) is 41.7. The fourth-order valence-corrected chi connectivity index (χ4v) is 11.2. The number of hydrogen-bond donors (Lipinski definition) is 2. The van der Waals surface area contributed by atoms with Crippen LogP contribution >= 0.6 is 0 Å². The zero-order valence-electron chi connectivity index (χ0n) is 48.4. The van der Waals surface area contributed by atoms with E-state index < -0.39 is 128 Å². The number of rotatable bonds is 28. The first-order valence-electron chi connectivity index (χ1n) is 28.7. The van der Waals surface area contributed by atoms with Crippen LogP contribution in [0, 0.1) is 0 Å². The Hall–Kier alpha value is -6.93. The van der Waals surface area contributed by atoms with Gasteiger partial charge in [0, 0.05) is 32.5 Å². The van der Waals surface area contributed by atoms with Gasteiger partial charge in [0.2, 0.25) is 0 Å². The van der Waals surface area contributed by atoms with Crippen molar-refractivity contribution < 1.29 is 71.8 Å². The lowest BCUT2D eigenvalue weighted by Crippen LogP contribution is -2.70. The Morgan fingerprint density at radius 2 is 0.872 bits per heavy atom. The normalized spacial score (nSPS) is 33.4. The van der Waals surface area contributed by atoms with Gasteiger partial charge in [-0.05, 0) is 84.9 Å². The van der Waals surface area contributed by atoms with Crippen LogP contribution in [0.1, 0.15) is 82.1 Å². The molecule has 20 atom stereocenters. The predicted molar refractivity (Wildman–Crippen MR) is 306 cm³/mol. The van der Waals surface area contributed by atoms with Gasteiger partial charge in [0.1, 0.15) is 42.7 Å². The fourth-order valence-electron chi connectivity index (χ4n) is 11.2. The van der Waals surface area contributed by atoms with Gasteiger partial charge < -0.3 is 67.1 Å². The lowest BCUT2D eigenvalue weighted by atomic mass is 9.87. The summed E-state index contributed by atoms with van der Waals surface area (Å²) >= 11 is 0. The Morgan fingerprint density at radius 1 is 0.488 bits per heavy atom. The molecule has 0 amide bonds. The van der Waals surface area contributed by atoms with E-state index in [4.69, 9.17) is 56.8 Å². The second-order valence-corrected chi connectivity index (χ2v) is 21.5. The Kier molecular flexibility index (Phi) is 24.3. The predicted octanol–water partition coefficient (Wildman–Crippen LogP) is 10.0. The first kappa shape index (κ1) is 65.1. The molecule has 0 spiro atoms. The smallest absolute Gasteiger partial charge is 0.305 e. The summed E-state index contributed by atoms with van der Waals surface area (Å²) in [6.07, 6.45) is -19.1. The summed E-state index contributed by atoms with van der Waals surface area (Å²) in [6.45, 7) is 6.47. The van der Waals surface area contributed by atoms with Crippen molar-refractivity contribution in [3.63, 3.8) is 0 Å². The number of aliphatic hydroxyl groups excluding tert-OH is 2. The molecular formula is C59H74N12O15. The largest absolute Gasteiger partial charge is 0.469 e. The topological polar surface area (TPSA) is 363 Å². The van der Waals surface area contributed by atoms with Crippen LogP contribution in [0.25, 0.3) is 41.8 Å². The van der Waals surface area contributed by atoms with Crippen LogP contribution < -0.4 is 0 Å². The molecule has 4 heterocycles. The quantitative estimate of drug-likeness (QED) is 0.0175. The van der Waals surface area contributed by atoms with E-state index in [-0.39, 0.29) is 45.7 Å². The average molecular weight is 1190 g/mol. The van der Waals surface area contributed by atoms with Gasteiger partial charge in [0.05, 0.1) is 88.2 Å². The minimum Gasteiger partial charge on any atom is -0.469 e. The molecule has 4 aliphatic heterocycles. The van der Waals surface area contributed by atoms with E-state index in [1.807, 2.05) is 121 Å². The highest BCUT2D eigenvalue weighted by Crippen LogP contribution is 2.44. The van der Waals surface area contributed by atoms with Crippen molar-refractivity contribution in [1.29, 1.82) is 0 Å². The van der Waals surface area contributed by atoms with E-state index in [1.165, 1.54) is 7.11 Å². The number of carbonyl (C=O) groups excluding carboxylic acids is 1. The number of benzene rings is 4. The molecule has 0 bridgehead atoms. The van der Waals surface area contributed by atoms with Crippen molar-refractivity contribution >= 4 is 5.97 Å². The summed E-state index contributed by atoms with van der Waals surface area (Å²) in [5.41, 5.74) is 43.0. The number of aliphatic hydroxyl groups is 2. The van der Waals surface area contributed by atoms with E-state index in [0.717, 1.165) is 22.3 Å². The van der Waals surface area contributed by atoms with E-state index in [2.05, 4.69) is 40.1 Å². The van der Waals surface area contributed by atoms with Crippen LogP contribution in [-0.4, -0.2) is 145 Å². The maximum Gasteiger partial charge on any atom is 0.305 e. The van der Waals surface area contributed by atoms with Crippen molar-refractivity contribution in [2.75, 3.05) is 7.11 Å². The SMILES string of the molecule is COC(=O)CCCCC[C@]1(O[C@@H]2[C@@H](O[C@@H]3[C@@H](O[C@H]4O[C@H](C)[C@@H](N=[N+]=[N-])[C@H](OCc5ccccc5)[C@@H]4O)O[C@H](C)[C@@H](N=[N+]=[N-])[C@@H]3OCc3ccccc3)O[C@H](C)[C@@H](N=[N+]=[N-])[C@@H]2OCc2ccccc2)O[C@H](C)[C@@H](N=[N+]=[N-])[C@H](OCc2ccccc2)[C@@H]1O. The molecular weight excluding hydrogens is 1120 g/mol. The summed E-state index contributed by atoms with van der Waals surface area (Å²) < 4.78 is 79.3. The minimum atomic E-state index is -2.11. The van der Waals surface area contributed by atoms with Gasteiger partial charge in [-0.25, -0.2) is 0 Å². The van der Waals surface area contributed by atoms with Gasteiger partial charge in [-0.2, -0.15) is 0 Å². The second-order valence-electron chi connectivity index (χ2n) is 21.5. The van der Waals surface area contributed by atoms with Crippen LogP contribution in [0.3, 0.4) is 0 Å². The van der Waals surface area contributed by atoms with Gasteiger partial charge in [-0.15, -0.1) is 0 Å². The third-order valence-corrected chi connectivity index (χ3v) is 15.7. The monoisotopic (exact) mass is 1190 g/mol. The van der Waals surface area contributed by atoms with Crippen molar-refractivity contribution in [3.8, 4) is 0 Å². The van der Waals surface area contributed by atoms with Gasteiger partial charge in [0.25, 0.3) is 0 Å². The minimum absolute atomic E-state index is 0.0204. The van der Waals surface area contributed by atoms with Gasteiger partial charge in [-0.3, -0.25) is 4.79 Å². The van der Waals surface area contributed by atoms with E-state index in [0.29, 0.717) is 12.8 Å². The number of hydrogen-bond acceptors (Lipinski definition) is 19. The zero-order valence-corrected chi connectivity index (χ0v) is 48.4. The summed E-state index contributed by atoms with van der Waals surface area (Å²) in [5.74, 6) is -2.53. The molecule has 4 aliphatic rings. The molecule has 4 aromatic rings. The standard InChI is InChI=1S/C59H74N12O15/c1-35-44(64-68-60)49(76-31-39-21-11-6-12-22-39)48(73)56(80-35)84-57-53(50(45(65-69-61)36(2)81-57)77-32-40-23-13-7-14-24-40)83-58-54(51(46(66-70-62)37(3)82-58)78-33-41-25-15-8-16-26-41)86-59(30-20-10-19-29-43(72)75-5)55(74)52(47(67-71-63)38(4)85-59)79-34-42-27-17-9-18-28-42/h6-9,11-18,21-28,35-38,44-58,73-74H,10,19-20,29-34H2,1-5H3/t35-,36-,37-,38-,44-,45-,46-,47-,48+,49+,50+,51+,52+,53+,54+,55+,56-,57-,58-,59-/m1/s1. The summed E-state index contributed by atoms with van der Waals surface area (Å²) in [7, 11) is 1.30. The third kappa shape index (κ3) is 16.6. The number of unbranched alkanes of at least 4 members (excludes halogenated alkanes) is 2. The van der Waals surface area contributed by atoms with Gasteiger partial charge in [0.15, 0.2) is 24.7 Å². The Bertz CT molecular complexity index is 2950. The molecule has 8 rings (SSSR count). The van der Waals surface area contributed by atoms with Crippen molar-refractivity contribution in [1.82, 2.24) is 0 Å². The molecule has 0 saturated carbocycles. The maximum atomic E-state index is 13.1. The summed E-state index contributed by atoms with van der Waals surface area (Å²) in [4.78, 5) is 24.9. The van der Waals surface area contributed by atoms with E-state index in [1.54, 1.807) is 27.7 Å². The number of azide groups is 4. The molecule has 0 radical (unpaired) electrons. The van der Waals surface area contributed by atoms with Crippen LogP contribution in [0.2, 0.25) is 0 Å². The highest BCUT2D eigenvalue weighted by molar-refractivity contribution is 5.69. The lowest BCUT2D eigenvalue weighted by molar-refractivity contribution is -0.417. The third-order valence-electron chi connectivity index (χ3n) is 15.7. The molecule has 4 fully saturated rings. The maximum absolute atomic E-state index is 13.1. The van der Waals surface area contributed by atoms with Crippen molar-refractivity contribution in [3.05, 3.63) is 185 Å². The zero-order chi connectivity index (χ0) is 61.0. The first-order chi connectivity index (χ1) is 41.8. The lowest BCUT2D eigenvalue weighted by Gasteiger charge is -2.54. The second kappa shape index (κ2) is 32.2. The number of ether oxygens (including phenoxy) is 12. The number of methoxy groups -OCH3 is 1. The number of carbonyl (C=O) groups is 1. The van der Waals surface area contributed by atoms with E-state index in [9.17, 15) is 37.1 Å². The fraction of sp³-hybridized carbons (Fsp3) is 0.576.